The first-order valence-corrected chi connectivity index (χ1v) is 8.47. The molecule has 0 bridgehead atoms. The van der Waals surface area contributed by atoms with E-state index in [0.29, 0.717) is 22.3 Å². The summed E-state index contributed by atoms with van der Waals surface area (Å²) < 4.78 is 12.8. The third-order valence-corrected chi connectivity index (χ3v) is 4.89. The fourth-order valence-electron chi connectivity index (χ4n) is 3.44. The number of rotatable bonds is 3. The van der Waals surface area contributed by atoms with Gasteiger partial charge in [-0.05, 0) is 50.5 Å². The number of aromatic nitrogens is 3. The Morgan fingerprint density at radius 1 is 1.07 bits per heavy atom. The number of benzene rings is 1. The summed E-state index contributed by atoms with van der Waals surface area (Å²) in [6.07, 6.45) is 2.58. The summed E-state index contributed by atoms with van der Waals surface area (Å²) in [5.74, 6) is 0.442. The first-order valence-electron chi connectivity index (χ1n) is 8.47. The number of furan rings is 1. The fourth-order valence-corrected chi connectivity index (χ4v) is 3.44. The second-order valence-electron chi connectivity index (χ2n) is 6.63. The Hall–Kier alpha value is -3.42. The van der Waals surface area contributed by atoms with Gasteiger partial charge in [0.1, 0.15) is 29.6 Å². The molecule has 0 unspecified atom stereocenters. The van der Waals surface area contributed by atoms with Gasteiger partial charge in [0.05, 0.1) is 17.4 Å². The second-order valence-corrected chi connectivity index (χ2v) is 6.63. The summed E-state index contributed by atoms with van der Waals surface area (Å²) in [7, 11) is 0. The highest BCUT2D eigenvalue weighted by atomic mass is 16.4. The highest BCUT2D eigenvalue weighted by molar-refractivity contribution is 6.07. The van der Waals surface area contributed by atoms with E-state index in [9.17, 15) is 9.59 Å². The molecular formula is C19H18N4O4. The van der Waals surface area contributed by atoms with Gasteiger partial charge in [-0.1, -0.05) is 0 Å². The molecule has 8 heteroatoms. The van der Waals surface area contributed by atoms with Crippen LogP contribution in [-0.2, 0) is 11.2 Å². The molecule has 138 valence electrons. The lowest BCUT2D eigenvalue weighted by molar-refractivity contribution is -0.116. The first-order chi connectivity index (χ1) is 12.9. The maximum atomic E-state index is 12.5. The predicted molar refractivity (Wildman–Crippen MR) is 99.3 cm³/mol. The number of aryl methyl sites for hydroxylation is 4. The van der Waals surface area contributed by atoms with E-state index in [0.717, 1.165) is 27.7 Å². The molecular weight excluding hydrogens is 348 g/mol. The smallest absolute Gasteiger partial charge is 0.340 e. The van der Waals surface area contributed by atoms with E-state index in [2.05, 4.69) is 15.6 Å². The Morgan fingerprint density at radius 3 is 2.48 bits per heavy atom. The summed E-state index contributed by atoms with van der Waals surface area (Å²) in [4.78, 5) is 24.8. The Bertz CT molecular complexity index is 1250. The zero-order valence-corrected chi connectivity index (χ0v) is 15.4. The molecule has 3 heterocycles. The number of nitrogens with one attached hydrogen (secondary N) is 1. The summed E-state index contributed by atoms with van der Waals surface area (Å²) >= 11 is 0. The van der Waals surface area contributed by atoms with Gasteiger partial charge in [0, 0.05) is 5.39 Å². The van der Waals surface area contributed by atoms with E-state index in [1.807, 2.05) is 33.8 Å². The van der Waals surface area contributed by atoms with Crippen LogP contribution in [-0.4, -0.2) is 20.8 Å². The Balaban J connectivity index is 1.88. The van der Waals surface area contributed by atoms with Gasteiger partial charge in [-0.3, -0.25) is 10.2 Å². The minimum Gasteiger partial charge on any atom is -0.460 e. The molecule has 0 saturated carbocycles. The average molecular weight is 366 g/mol. The highest BCUT2D eigenvalue weighted by Gasteiger charge is 2.21. The van der Waals surface area contributed by atoms with Gasteiger partial charge in [-0.15, -0.1) is 10.2 Å². The van der Waals surface area contributed by atoms with Crippen LogP contribution in [0, 0.1) is 27.7 Å². The number of hydrogen-bond acceptors (Lipinski definition) is 6. The van der Waals surface area contributed by atoms with Gasteiger partial charge in [0.15, 0.2) is 0 Å². The molecule has 27 heavy (non-hydrogen) atoms. The second kappa shape index (κ2) is 6.08. The Kier molecular flexibility index (Phi) is 3.83. The molecule has 1 aromatic carbocycles. The zero-order valence-electron chi connectivity index (χ0n) is 15.4. The normalized spacial score (nSPS) is 11.4. The molecule has 0 aliphatic heterocycles. The molecule has 3 aromatic heterocycles. The quantitative estimate of drug-likeness (QED) is 0.559. The molecule has 4 rings (SSSR count). The van der Waals surface area contributed by atoms with Crippen molar-refractivity contribution in [3.8, 4) is 0 Å². The molecule has 1 N–H and O–H groups in total. The van der Waals surface area contributed by atoms with Crippen molar-refractivity contribution in [1.29, 1.82) is 0 Å². The highest BCUT2D eigenvalue weighted by Crippen LogP contribution is 2.35. The molecule has 0 fully saturated rings. The molecule has 0 saturated heterocycles. The van der Waals surface area contributed by atoms with Crippen molar-refractivity contribution >= 4 is 27.8 Å². The van der Waals surface area contributed by atoms with Gasteiger partial charge in [0.2, 0.25) is 5.91 Å². The predicted octanol–water partition coefficient (Wildman–Crippen LogP) is 2.68. The van der Waals surface area contributed by atoms with E-state index in [1.165, 1.54) is 17.3 Å². The van der Waals surface area contributed by atoms with Crippen LogP contribution in [0.3, 0.4) is 0 Å². The van der Waals surface area contributed by atoms with Crippen LogP contribution in [0.15, 0.2) is 32.3 Å². The molecule has 0 aliphatic rings. The van der Waals surface area contributed by atoms with Crippen molar-refractivity contribution in [1.82, 2.24) is 14.9 Å². The van der Waals surface area contributed by atoms with E-state index < -0.39 is 5.63 Å². The Labute approximate surface area is 153 Å². The van der Waals surface area contributed by atoms with E-state index in [4.69, 9.17) is 8.83 Å². The van der Waals surface area contributed by atoms with Crippen LogP contribution in [0.5, 0.6) is 0 Å². The maximum absolute atomic E-state index is 12.5. The number of nitrogens with zero attached hydrogens (tertiary/aromatic N) is 3. The zero-order chi connectivity index (χ0) is 19.3. The summed E-state index contributed by atoms with van der Waals surface area (Å²) in [5.41, 5.74) is 6.20. The van der Waals surface area contributed by atoms with Crippen molar-refractivity contribution < 1.29 is 13.6 Å². The van der Waals surface area contributed by atoms with Gasteiger partial charge in [-0.2, -0.15) is 0 Å². The fraction of sp³-hybridized carbons (Fsp3) is 0.263. The van der Waals surface area contributed by atoms with Gasteiger partial charge < -0.3 is 8.83 Å². The van der Waals surface area contributed by atoms with Crippen molar-refractivity contribution in [3.05, 3.63) is 57.2 Å². The molecule has 0 spiro atoms. The van der Waals surface area contributed by atoms with Crippen LogP contribution < -0.4 is 11.1 Å². The van der Waals surface area contributed by atoms with Crippen molar-refractivity contribution in [2.45, 2.75) is 34.1 Å². The largest absolute Gasteiger partial charge is 0.460 e. The monoisotopic (exact) mass is 366 g/mol. The minimum absolute atomic E-state index is 0.129. The molecule has 0 radical (unpaired) electrons. The number of fused-ring (bicyclic) bond motifs is 3. The lowest BCUT2D eigenvalue weighted by Crippen LogP contribution is -2.26. The van der Waals surface area contributed by atoms with Crippen molar-refractivity contribution in [2.75, 3.05) is 5.43 Å². The summed E-state index contributed by atoms with van der Waals surface area (Å²) in [6.45, 7) is 7.67. The van der Waals surface area contributed by atoms with Crippen molar-refractivity contribution in [2.24, 2.45) is 0 Å². The average Bonchev–Trinajstić information content (AvgIpc) is 3.20. The Morgan fingerprint density at radius 2 is 1.78 bits per heavy atom. The van der Waals surface area contributed by atoms with Crippen LogP contribution in [0.2, 0.25) is 0 Å². The number of carbonyl (C=O) groups excluding carboxylic acids is 1. The van der Waals surface area contributed by atoms with E-state index in [1.54, 1.807) is 0 Å². The van der Waals surface area contributed by atoms with Crippen LogP contribution in [0.25, 0.3) is 21.9 Å². The molecule has 1 amide bonds. The standard InChI is InChI=1S/C19H18N4O4/c1-9-5-14-17(18-16(9)10(2)12(4)26-18)11(3)13(19(25)27-14)6-15(24)22-23-7-20-21-8-23/h5,7-8H,6H2,1-4H3,(H,22,24). The van der Waals surface area contributed by atoms with Crippen LogP contribution in [0.1, 0.15) is 28.0 Å². The van der Waals surface area contributed by atoms with E-state index >= 15 is 0 Å². The molecule has 0 atom stereocenters. The van der Waals surface area contributed by atoms with Gasteiger partial charge in [0.25, 0.3) is 0 Å². The molecule has 8 nitrogen and oxygen atoms in total. The third kappa shape index (κ3) is 2.69. The lowest BCUT2D eigenvalue weighted by Gasteiger charge is -2.10. The summed E-state index contributed by atoms with van der Waals surface area (Å²) in [6, 6.07) is 1.84. The number of carbonyl (C=O) groups is 1. The number of hydrogen-bond donors (Lipinski definition) is 1. The topological polar surface area (TPSA) is 103 Å². The van der Waals surface area contributed by atoms with Gasteiger partial charge in [-0.25, -0.2) is 9.47 Å². The number of amides is 1. The van der Waals surface area contributed by atoms with Crippen molar-refractivity contribution in [3.63, 3.8) is 0 Å². The van der Waals surface area contributed by atoms with Gasteiger partial charge >= 0.3 is 5.63 Å². The summed E-state index contributed by atoms with van der Waals surface area (Å²) in [5, 5.41) is 8.97. The van der Waals surface area contributed by atoms with E-state index in [-0.39, 0.29) is 12.3 Å². The lowest BCUT2D eigenvalue weighted by atomic mass is 9.98. The third-order valence-electron chi connectivity index (χ3n) is 4.89. The molecule has 4 aromatic rings. The van der Waals surface area contributed by atoms with Crippen LogP contribution >= 0.6 is 0 Å². The minimum atomic E-state index is -0.530. The van der Waals surface area contributed by atoms with Crippen LogP contribution in [0.4, 0.5) is 0 Å². The molecule has 0 aliphatic carbocycles. The SMILES string of the molecule is Cc1oc2c(c(C)cc3oc(=O)c(CC(=O)Nn4cnnc4)c(C)c32)c1C. The first kappa shape index (κ1) is 17.0. The maximum Gasteiger partial charge on any atom is 0.340 e.